The highest BCUT2D eigenvalue weighted by atomic mass is 127. The number of aromatic nitrogens is 2. The summed E-state index contributed by atoms with van der Waals surface area (Å²) >= 11 is 6.18. The lowest BCUT2D eigenvalue weighted by Gasteiger charge is -2.12. The maximum Gasteiger partial charge on any atom is 0.191 e. The van der Waals surface area contributed by atoms with Crippen molar-refractivity contribution in [1.82, 2.24) is 20.0 Å². The highest BCUT2D eigenvalue weighted by molar-refractivity contribution is 14.0. The van der Waals surface area contributed by atoms with Crippen LogP contribution in [0.4, 0.5) is 0 Å². The smallest absolute Gasteiger partial charge is 0.191 e. The number of pyridine rings is 1. The van der Waals surface area contributed by atoms with Gasteiger partial charge < -0.3 is 15.0 Å². The first kappa shape index (κ1) is 20.5. The van der Waals surface area contributed by atoms with Crippen molar-refractivity contribution in [2.45, 2.75) is 19.9 Å². The number of imidazole rings is 1. The van der Waals surface area contributed by atoms with Gasteiger partial charge in [-0.3, -0.25) is 4.99 Å². The highest BCUT2D eigenvalue weighted by Crippen LogP contribution is 2.14. The lowest BCUT2D eigenvalue weighted by Crippen LogP contribution is -2.37. The van der Waals surface area contributed by atoms with Crippen molar-refractivity contribution in [1.29, 1.82) is 0 Å². The Morgan fingerprint density at radius 2 is 2.00 bits per heavy atom. The minimum absolute atomic E-state index is 0. The molecular formula is C19H23ClIN5. The van der Waals surface area contributed by atoms with Gasteiger partial charge in [-0.05, 0) is 30.2 Å². The molecule has 0 aliphatic heterocycles. The Balaban J connectivity index is 0.00000243. The van der Waals surface area contributed by atoms with E-state index in [4.69, 9.17) is 11.6 Å². The highest BCUT2D eigenvalue weighted by Gasteiger charge is 2.05. The Hall–Kier alpha value is -1.80. The first-order chi connectivity index (χ1) is 12.2. The number of aliphatic imine (C=N–C) groups is 1. The zero-order valence-corrected chi connectivity index (χ0v) is 18.0. The Morgan fingerprint density at radius 1 is 1.19 bits per heavy atom. The first-order valence-electron chi connectivity index (χ1n) is 8.28. The van der Waals surface area contributed by atoms with Gasteiger partial charge >= 0.3 is 0 Å². The zero-order chi connectivity index (χ0) is 17.6. The van der Waals surface area contributed by atoms with Crippen LogP contribution < -0.4 is 10.6 Å². The molecule has 0 saturated carbocycles. The number of fused-ring (bicyclic) bond motifs is 1. The Bertz CT molecular complexity index is 891. The molecule has 5 nitrogen and oxygen atoms in total. The van der Waals surface area contributed by atoms with Crippen LogP contribution in [0.15, 0.2) is 53.8 Å². The summed E-state index contributed by atoms with van der Waals surface area (Å²) in [6.45, 7) is 3.46. The molecule has 0 fully saturated rings. The standard InChI is InChI=1S/C19H22ClN5.HI/c1-14-6-5-11-25-13-16(24-18(14)25)9-10-22-19(21-2)23-12-15-7-3-4-8-17(15)20;/h3-8,11,13H,9-10,12H2,1-2H3,(H2,21,22,23);1H. The van der Waals surface area contributed by atoms with Crippen molar-refractivity contribution in [2.75, 3.05) is 13.6 Å². The fraction of sp³-hybridized carbons (Fsp3) is 0.263. The lowest BCUT2D eigenvalue weighted by atomic mass is 10.2. The molecule has 0 aliphatic rings. The van der Waals surface area contributed by atoms with Crippen LogP contribution in [0.3, 0.4) is 0 Å². The zero-order valence-electron chi connectivity index (χ0n) is 14.9. The quantitative estimate of drug-likeness (QED) is 0.330. The van der Waals surface area contributed by atoms with E-state index in [1.807, 2.05) is 36.5 Å². The number of hydrogen-bond acceptors (Lipinski definition) is 2. The second kappa shape index (κ2) is 9.78. The van der Waals surface area contributed by atoms with Crippen molar-refractivity contribution in [2.24, 2.45) is 4.99 Å². The van der Waals surface area contributed by atoms with Gasteiger partial charge in [-0.1, -0.05) is 35.9 Å². The minimum Gasteiger partial charge on any atom is -0.356 e. The average molecular weight is 484 g/mol. The van der Waals surface area contributed by atoms with Crippen LogP contribution in [0.25, 0.3) is 5.65 Å². The van der Waals surface area contributed by atoms with Gasteiger partial charge in [0.2, 0.25) is 0 Å². The summed E-state index contributed by atoms with van der Waals surface area (Å²) in [5.41, 5.74) is 4.30. The molecular weight excluding hydrogens is 461 g/mol. The molecule has 0 bridgehead atoms. The van der Waals surface area contributed by atoms with Gasteiger partial charge in [-0.25, -0.2) is 4.98 Å². The third kappa shape index (κ3) is 5.11. The normalized spacial score (nSPS) is 11.3. The molecule has 0 amide bonds. The van der Waals surface area contributed by atoms with Gasteiger partial charge in [-0.2, -0.15) is 0 Å². The molecule has 0 aliphatic carbocycles. The number of aryl methyl sites for hydroxylation is 1. The van der Waals surface area contributed by atoms with E-state index in [1.165, 1.54) is 5.56 Å². The van der Waals surface area contributed by atoms with Crippen LogP contribution in [0.2, 0.25) is 5.02 Å². The van der Waals surface area contributed by atoms with Gasteiger partial charge in [0.15, 0.2) is 5.96 Å². The predicted molar refractivity (Wildman–Crippen MR) is 119 cm³/mol. The molecule has 0 saturated heterocycles. The molecule has 0 unspecified atom stereocenters. The molecule has 1 aromatic carbocycles. The molecule has 2 N–H and O–H groups in total. The van der Waals surface area contributed by atoms with Gasteiger partial charge in [0.05, 0.1) is 5.69 Å². The first-order valence-corrected chi connectivity index (χ1v) is 8.66. The van der Waals surface area contributed by atoms with Crippen molar-refractivity contribution in [3.63, 3.8) is 0 Å². The van der Waals surface area contributed by atoms with E-state index in [-0.39, 0.29) is 24.0 Å². The lowest BCUT2D eigenvalue weighted by molar-refractivity contribution is 0.787. The second-order valence-corrected chi connectivity index (χ2v) is 6.26. The van der Waals surface area contributed by atoms with Crippen molar-refractivity contribution in [3.05, 3.63) is 70.6 Å². The summed E-state index contributed by atoms with van der Waals surface area (Å²) in [7, 11) is 1.76. The minimum atomic E-state index is 0. The average Bonchev–Trinajstić information content (AvgIpc) is 3.03. The predicted octanol–water partition coefficient (Wildman–Crippen LogP) is 3.82. The van der Waals surface area contributed by atoms with Gasteiger partial charge in [0, 0.05) is 44.0 Å². The number of hydrogen-bond donors (Lipinski definition) is 2. The largest absolute Gasteiger partial charge is 0.356 e. The second-order valence-electron chi connectivity index (χ2n) is 5.85. The van der Waals surface area contributed by atoms with Crippen molar-refractivity contribution >= 4 is 47.2 Å². The Kier molecular flexibility index (Phi) is 7.71. The van der Waals surface area contributed by atoms with Gasteiger partial charge in [-0.15, -0.1) is 24.0 Å². The van der Waals surface area contributed by atoms with Crippen molar-refractivity contribution in [3.8, 4) is 0 Å². The number of benzene rings is 1. The monoisotopic (exact) mass is 483 g/mol. The number of rotatable bonds is 5. The van der Waals surface area contributed by atoms with E-state index >= 15 is 0 Å². The molecule has 3 rings (SSSR count). The maximum absolute atomic E-state index is 6.18. The summed E-state index contributed by atoms with van der Waals surface area (Å²) in [4.78, 5) is 8.93. The fourth-order valence-corrected chi connectivity index (χ4v) is 2.88. The summed E-state index contributed by atoms with van der Waals surface area (Å²) < 4.78 is 2.06. The molecule has 138 valence electrons. The van der Waals surface area contributed by atoms with E-state index in [1.54, 1.807) is 7.05 Å². The van der Waals surface area contributed by atoms with Gasteiger partial charge in [0.1, 0.15) is 5.65 Å². The molecule has 7 heteroatoms. The fourth-order valence-electron chi connectivity index (χ4n) is 2.68. The summed E-state index contributed by atoms with van der Waals surface area (Å²) in [6, 6.07) is 11.9. The van der Waals surface area contributed by atoms with E-state index in [2.05, 4.69) is 44.2 Å². The van der Waals surface area contributed by atoms with Crippen molar-refractivity contribution < 1.29 is 0 Å². The topological polar surface area (TPSA) is 53.7 Å². The van der Waals surface area contributed by atoms with Crippen LogP contribution >= 0.6 is 35.6 Å². The SMILES string of the molecule is CN=C(NCCc1cn2cccc(C)c2n1)NCc1ccccc1Cl.I. The van der Waals surface area contributed by atoms with E-state index in [0.717, 1.165) is 40.9 Å². The molecule has 26 heavy (non-hydrogen) atoms. The molecule has 0 spiro atoms. The Labute approximate surface area is 175 Å². The van der Waals surface area contributed by atoms with Gasteiger partial charge in [0.25, 0.3) is 0 Å². The van der Waals surface area contributed by atoms with Crippen LogP contribution in [-0.4, -0.2) is 28.9 Å². The third-order valence-corrected chi connectivity index (χ3v) is 4.40. The Morgan fingerprint density at radius 3 is 2.73 bits per heavy atom. The third-order valence-electron chi connectivity index (χ3n) is 4.03. The van der Waals surface area contributed by atoms with E-state index in [9.17, 15) is 0 Å². The summed E-state index contributed by atoms with van der Waals surface area (Å²) in [5, 5.41) is 7.35. The van der Waals surface area contributed by atoms with Crippen LogP contribution in [0.1, 0.15) is 16.8 Å². The summed E-state index contributed by atoms with van der Waals surface area (Å²) in [5.74, 6) is 0.750. The molecule has 0 radical (unpaired) electrons. The molecule has 3 aromatic rings. The molecule has 2 heterocycles. The maximum atomic E-state index is 6.18. The molecule has 2 aromatic heterocycles. The van der Waals surface area contributed by atoms with Crippen LogP contribution in [0, 0.1) is 6.92 Å². The number of nitrogens with zero attached hydrogens (tertiary/aromatic N) is 3. The van der Waals surface area contributed by atoms with E-state index < -0.39 is 0 Å². The molecule has 0 atom stereocenters. The number of nitrogens with one attached hydrogen (secondary N) is 2. The summed E-state index contributed by atoms with van der Waals surface area (Å²) in [6.07, 6.45) is 4.92. The number of guanidine groups is 1. The number of halogens is 2. The van der Waals surface area contributed by atoms with E-state index in [0.29, 0.717) is 6.54 Å². The van der Waals surface area contributed by atoms with Crippen LogP contribution in [-0.2, 0) is 13.0 Å². The van der Waals surface area contributed by atoms with Crippen LogP contribution in [0.5, 0.6) is 0 Å².